The third kappa shape index (κ3) is 5.72. The fraction of sp³-hybridized carbons (Fsp3) is 0.321. The highest BCUT2D eigenvalue weighted by molar-refractivity contribution is 6.42. The van der Waals surface area contributed by atoms with Crippen molar-refractivity contribution in [1.29, 1.82) is 0 Å². The van der Waals surface area contributed by atoms with Crippen molar-refractivity contribution >= 4 is 29.2 Å². The van der Waals surface area contributed by atoms with E-state index in [2.05, 4.69) is 4.90 Å². The van der Waals surface area contributed by atoms with E-state index in [-0.39, 0.29) is 12.0 Å². The summed E-state index contributed by atoms with van der Waals surface area (Å²) in [4.78, 5) is 13.8. The predicted molar refractivity (Wildman–Crippen MR) is 141 cm³/mol. The van der Waals surface area contributed by atoms with Gasteiger partial charge in [-0.25, -0.2) is 0 Å². The summed E-state index contributed by atoms with van der Waals surface area (Å²) in [5.41, 5.74) is 2.74. The van der Waals surface area contributed by atoms with Crippen LogP contribution in [0.2, 0.25) is 10.0 Å². The van der Waals surface area contributed by atoms with Gasteiger partial charge in [0.15, 0.2) is 11.5 Å². The first-order chi connectivity index (χ1) is 17.4. The SMILES string of the molecule is COc1cc(C(c2cccc(Cl)c2Cl)N2CCC(C(=O)O)CC2)cc(OC)c1OCc1ccccc1. The lowest BCUT2D eigenvalue weighted by Crippen LogP contribution is -2.39. The van der Waals surface area contributed by atoms with Crippen LogP contribution in [0.15, 0.2) is 60.7 Å². The van der Waals surface area contributed by atoms with Crippen molar-refractivity contribution in [3.05, 3.63) is 87.4 Å². The molecule has 1 atom stereocenters. The summed E-state index contributed by atoms with van der Waals surface area (Å²) in [6.07, 6.45) is 1.10. The molecule has 3 aromatic rings. The number of hydrogen-bond donors (Lipinski definition) is 1. The molecule has 0 amide bonds. The Hall–Kier alpha value is -2.93. The highest BCUT2D eigenvalue weighted by Crippen LogP contribution is 2.45. The number of halogens is 2. The molecule has 1 saturated heterocycles. The van der Waals surface area contributed by atoms with E-state index in [4.69, 9.17) is 37.4 Å². The number of piperidine rings is 1. The Labute approximate surface area is 221 Å². The monoisotopic (exact) mass is 529 g/mol. The third-order valence-corrected chi connectivity index (χ3v) is 7.38. The number of carboxylic acids is 1. The van der Waals surface area contributed by atoms with E-state index in [1.165, 1.54) is 0 Å². The zero-order valence-electron chi connectivity index (χ0n) is 20.2. The van der Waals surface area contributed by atoms with Crippen LogP contribution in [-0.4, -0.2) is 43.3 Å². The standard InChI is InChI=1S/C28H29Cl2NO5/c1-34-23-15-20(16-24(35-2)27(23)36-17-18-7-4-3-5-8-18)26(21-9-6-10-22(29)25(21)30)31-13-11-19(12-14-31)28(32)33/h3-10,15-16,19,26H,11-14,17H2,1-2H3,(H,32,33). The number of carboxylic acid groups (broad SMARTS) is 1. The number of rotatable bonds is 9. The molecule has 1 unspecified atom stereocenters. The Bertz CT molecular complexity index is 1170. The molecule has 190 valence electrons. The highest BCUT2D eigenvalue weighted by atomic mass is 35.5. The van der Waals surface area contributed by atoms with Crippen LogP contribution in [0.5, 0.6) is 17.2 Å². The number of ether oxygens (including phenoxy) is 3. The molecular weight excluding hydrogens is 501 g/mol. The summed E-state index contributed by atoms with van der Waals surface area (Å²) in [6.45, 7) is 1.56. The van der Waals surface area contributed by atoms with Crippen molar-refractivity contribution in [2.45, 2.75) is 25.5 Å². The molecule has 0 aliphatic carbocycles. The number of carbonyl (C=O) groups is 1. The molecule has 0 saturated carbocycles. The Morgan fingerprint density at radius 3 is 2.22 bits per heavy atom. The van der Waals surface area contributed by atoms with Gasteiger partial charge in [-0.15, -0.1) is 0 Å². The second-order valence-corrected chi connectivity index (χ2v) is 9.51. The van der Waals surface area contributed by atoms with E-state index in [0.717, 1.165) is 16.7 Å². The second kappa shape index (κ2) is 11.9. The van der Waals surface area contributed by atoms with E-state index in [1.807, 2.05) is 54.6 Å². The summed E-state index contributed by atoms with van der Waals surface area (Å²) in [6, 6.07) is 19.0. The summed E-state index contributed by atoms with van der Waals surface area (Å²) in [5, 5.41) is 10.4. The van der Waals surface area contributed by atoms with E-state index in [1.54, 1.807) is 20.3 Å². The fourth-order valence-electron chi connectivity index (χ4n) is 4.65. The molecule has 3 aromatic carbocycles. The van der Waals surface area contributed by atoms with Crippen molar-refractivity contribution in [2.75, 3.05) is 27.3 Å². The minimum Gasteiger partial charge on any atom is -0.493 e. The number of benzene rings is 3. The number of methoxy groups -OCH3 is 2. The van der Waals surface area contributed by atoms with Crippen LogP contribution in [0.3, 0.4) is 0 Å². The lowest BCUT2D eigenvalue weighted by atomic mass is 9.91. The van der Waals surface area contributed by atoms with E-state index < -0.39 is 5.97 Å². The smallest absolute Gasteiger partial charge is 0.306 e. The van der Waals surface area contributed by atoms with Gasteiger partial charge in [-0.05, 0) is 60.8 Å². The van der Waals surface area contributed by atoms with Gasteiger partial charge < -0.3 is 19.3 Å². The lowest BCUT2D eigenvalue weighted by Gasteiger charge is -2.37. The summed E-state index contributed by atoms with van der Waals surface area (Å²) >= 11 is 13.1. The molecule has 4 rings (SSSR count). The molecule has 0 spiro atoms. The maximum Gasteiger partial charge on any atom is 0.306 e. The quantitative estimate of drug-likeness (QED) is 0.342. The Kier molecular flexibility index (Phi) is 8.62. The van der Waals surface area contributed by atoms with Gasteiger partial charge >= 0.3 is 5.97 Å². The average Bonchev–Trinajstić information content (AvgIpc) is 2.90. The van der Waals surface area contributed by atoms with Crippen LogP contribution in [0.4, 0.5) is 0 Å². The first-order valence-electron chi connectivity index (χ1n) is 11.8. The molecule has 0 aromatic heterocycles. The molecular formula is C28H29Cl2NO5. The number of aliphatic carboxylic acids is 1. The largest absolute Gasteiger partial charge is 0.493 e. The Morgan fingerprint density at radius 2 is 1.64 bits per heavy atom. The third-order valence-electron chi connectivity index (χ3n) is 6.54. The van der Waals surface area contributed by atoms with Crippen LogP contribution in [0.1, 0.15) is 35.6 Å². The molecule has 1 aliphatic heterocycles. The fourth-order valence-corrected chi connectivity index (χ4v) is 5.06. The molecule has 6 nitrogen and oxygen atoms in total. The minimum absolute atomic E-state index is 0.281. The van der Waals surface area contributed by atoms with Crippen LogP contribution in [-0.2, 0) is 11.4 Å². The van der Waals surface area contributed by atoms with Gasteiger partial charge in [-0.3, -0.25) is 9.69 Å². The van der Waals surface area contributed by atoms with Gasteiger partial charge in [-0.1, -0.05) is 65.7 Å². The van der Waals surface area contributed by atoms with Crippen LogP contribution in [0.25, 0.3) is 0 Å². The van der Waals surface area contributed by atoms with Gasteiger partial charge in [0.2, 0.25) is 5.75 Å². The minimum atomic E-state index is -0.754. The Balaban J connectivity index is 1.74. The van der Waals surface area contributed by atoms with Crippen molar-refractivity contribution < 1.29 is 24.1 Å². The molecule has 1 aliphatic rings. The van der Waals surface area contributed by atoms with Gasteiger partial charge in [0.05, 0.1) is 36.2 Å². The number of likely N-dealkylation sites (tertiary alicyclic amines) is 1. The van der Waals surface area contributed by atoms with Crippen molar-refractivity contribution in [2.24, 2.45) is 5.92 Å². The molecule has 1 fully saturated rings. The highest BCUT2D eigenvalue weighted by Gasteiger charge is 2.32. The summed E-state index contributed by atoms with van der Waals surface area (Å²) < 4.78 is 17.6. The van der Waals surface area contributed by atoms with Gasteiger partial charge in [-0.2, -0.15) is 0 Å². The lowest BCUT2D eigenvalue weighted by molar-refractivity contribution is -0.143. The van der Waals surface area contributed by atoms with Crippen LogP contribution < -0.4 is 14.2 Å². The van der Waals surface area contributed by atoms with Crippen molar-refractivity contribution in [3.63, 3.8) is 0 Å². The predicted octanol–water partition coefficient (Wildman–Crippen LogP) is 6.48. The number of hydrogen-bond acceptors (Lipinski definition) is 5. The van der Waals surface area contributed by atoms with Gasteiger partial charge in [0, 0.05) is 0 Å². The molecule has 36 heavy (non-hydrogen) atoms. The topological polar surface area (TPSA) is 68.2 Å². The molecule has 0 bridgehead atoms. The van der Waals surface area contributed by atoms with E-state index >= 15 is 0 Å². The summed E-state index contributed by atoms with van der Waals surface area (Å²) in [5.74, 6) is 0.464. The van der Waals surface area contributed by atoms with Crippen LogP contribution >= 0.6 is 23.2 Å². The second-order valence-electron chi connectivity index (χ2n) is 8.72. The van der Waals surface area contributed by atoms with Crippen molar-refractivity contribution in [3.8, 4) is 17.2 Å². The maximum atomic E-state index is 11.5. The van der Waals surface area contributed by atoms with Crippen molar-refractivity contribution in [1.82, 2.24) is 4.90 Å². The zero-order valence-corrected chi connectivity index (χ0v) is 21.8. The van der Waals surface area contributed by atoms with E-state index in [9.17, 15) is 9.90 Å². The normalized spacial score (nSPS) is 15.3. The van der Waals surface area contributed by atoms with E-state index in [0.29, 0.717) is 59.8 Å². The number of nitrogens with zero attached hydrogens (tertiary/aromatic N) is 1. The first kappa shape index (κ1) is 26.1. The van der Waals surface area contributed by atoms with Gasteiger partial charge in [0.25, 0.3) is 0 Å². The maximum absolute atomic E-state index is 11.5. The average molecular weight is 530 g/mol. The molecule has 8 heteroatoms. The first-order valence-corrected chi connectivity index (χ1v) is 12.5. The van der Waals surface area contributed by atoms with Gasteiger partial charge in [0.1, 0.15) is 6.61 Å². The summed E-state index contributed by atoms with van der Waals surface area (Å²) in [7, 11) is 3.18. The zero-order chi connectivity index (χ0) is 25.7. The van der Waals surface area contributed by atoms with Crippen LogP contribution in [0, 0.1) is 5.92 Å². The molecule has 0 radical (unpaired) electrons. The Morgan fingerprint density at radius 1 is 1.00 bits per heavy atom. The molecule has 1 heterocycles. The molecule has 1 N–H and O–H groups in total.